The van der Waals surface area contributed by atoms with Crippen LogP contribution in [-0.4, -0.2) is 16.7 Å². The highest BCUT2D eigenvalue weighted by Gasteiger charge is 2.38. The van der Waals surface area contributed by atoms with Gasteiger partial charge in [-0.05, 0) is 30.4 Å². The molecule has 1 saturated carbocycles. The number of anilines is 1. The minimum atomic E-state index is 0.408. The van der Waals surface area contributed by atoms with Crippen molar-refractivity contribution in [2.45, 2.75) is 26.3 Å². The van der Waals surface area contributed by atoms with Gasteiger partial charge in [-0.1, -0.05) is 13.0 Å². The monoisotopic (exact) mass is 231 g/mol. The maximum absolute atomic E-state index is 6.01. The molecular weight excluding hydrogens is 214 g/mol. The Morgan fingerprint density at radius 2 is 2.24 bits per heavy atom. The minimum Gasteiger partial charge on any atom is -0.494 e. The molecule has 0 bridgehead atoms. The molecule has 2 aromatic rings. The van der Waals surface area contributed by atoms with Gasteiger partial charge in [0.15, 0.2) is 0 Å². The maximum atomic E-state index is 6.01. The predicted molar refractivity (Wildman–Crippen MR) is 68.0 cm³/mol. The number of nitrogens with zero attached hydrogens (tertiary/aromatic N) is 2. The average molecular weight is 231 g/mol. The number of aromatic nitrogens is 2. The molecule has 0 saturated heterocycles. The van der Waals surface area contributed by atoms with E-state index in [1.165, 1.54) is 12.8 Å². The number of hydrogen-bond donors (Lipinski definition) is 1. The van der Waals surface area contributed by atoms with Gasteiger partial charge in [-0.3, -0.25) is 0 Å². The Bertz CT molecular complexity index is 569. The summed E-state index contributed by atoms with van der Waals surface area (Å²) in [5.74, 6) is 1.37. The molecule has 1 aromatic carbocycles. The third kappa shape index (κ3) is 1.64. The van der Waals surface area contributed by atoms with Gasteiger partial charge < -0.3 is 15.0 Å². The van der Waals surface area contributed by atoms with Crippen LogP contribution in [0.25, 0.3) is 11.0 Å². The van der Waals surface area contributed by atoms with Crippen molar-refractivity contribution < 1.29 is 4.74 Å². The van der Waals surface area contributed by atoms with Crippen molar-refractivity contribution in [1.82, 2.24) is 9.55 Å². The molecule has 1 aliphatic carbocycles. The van der Waals surface area contributed by atoms with E-state index in [1.54, 1.807) is 7.11 Å². The molecule has 0 atom stereocenters. The van der Waals surface area contributed by atoms with Crippen LogP contribution in [0, 0.1) is 5.41 Å². The first-order chi connectivity index (χ1) is 8.13. The number of hydrogen-bond acceptors (Lipinski definition) is 3. The van der Waals surface area contributed by atoms with E-state index in [4.69, 9.17) is 10.5 Å². The molecule has 1 aliphatic rings. The lowest BCUT2D eigenvalue weighted by Crippen LogP contribution is -2.10. The molecule has 1 aromatic heterocycles. The van der Waals surface area contributed by atoms with Crippen molar-refractivity contribution >= 4 is 17.0 Å². The molecule has 1 fully saturated rings. The third-order valence-corrected chi connectivity index (χ3v) is 3.63. The van der Waals surface area contributed by atoms with Crippen LogP contribution in [0.3, 0.4) is 0 Å². The Morgan fingerprint density at radius 3 is 2.88 bits per heavy atom. The fourth-order valence-corrected chi connectivity index (χ4v) is 2.22. The number of nitrogens with two attached hydrogens (primary N) is 1. The molecule has 0 radical (unpaired) electrons. The first-order valence-corrected chi connectivity index (χ1v) is 5.92. The zero-order valence-corrected chi connectivity index (χ0v) is 10.2. The summed E-state index contributed by atoms with van der Waals surface area (Å²) in [6.07, 6.45) is 2.55. The second-order valence-electron chi connectivity index (χ2n) is 5.19. The van der Waals surface area contributed by atoms with Gasteiger partial charge in [0, 0.05) is 6.54 Å². The fourth-order valence-electron chi connectivity index (χ4n) is 2.22. The standard InChI is InChI=1S/C13H17N3O/c1-13(6-7-13)8-16-9-4-3-5-10(17-2)11(9)15-12(16)14/h3-5H,6-8H2,1-2H3,(H2,14,15). The minimum absolute atomic E-state index is 0.408. The summed E-state index contributed by atoms with van der Waals surface area (Å²) >= 11 is 0. The summed E-state index contributed by atoms with van der Waals surface area (Å²) < 4.78 is 7.41. The van der Waals surface area contributed by atoms with E-state index in [2.05, 4.69) is 16.5 Å². The highest BCUT2D eigenvalue weighted by atomic mass is 16.5. The Balaban J connectivity index is 2.14. The van der Waals surface area contributed by atoms with E-state index in [9.17, 15) is 0 Å². The SMILES string of the molecule is COc1cccc2c1nc(N)n2CC1(C)CC1. The smallest absolute Gasteiger partial charge is 0.201 e. The number of imidazole rings is 1. The van der Waals surface area contributed by atoms with E-state index in [-0.39, 0.29) is 0 Å². The van der Waals surface area contributed by atoms with E-state index < -0.39 is 0 Å². The number of rotatable bonds is 3. The lowest BCUT2D eigenvalue weighted by atomic mass is 10.1. The summed E-state index contributed by atoms with van der Waals surface area (Å²) in [5.41, 5.74) is 8.34. The molecule has 0 spiro atoms. The largest absolute Gasteiger partial charge is 0.494 e. The van der Waals surface area contributed by atoms with Gasteiger partial charge in [-0.25, -0.2) is 4.98 Å². The van der Waals surface area contributed by atoms with Crippen LogP contribution in [0.5, 0.6) is 5.75 Å². The van der Waals surface area contributed by atoms with Crippen molar-refractivity contribution in [2.75, 3.05) is 12.8 Å². The first-order valence-electron chi connectivity index (χ1n) is 5.92. The highest BCUT2D eigenvalue weighted by molar-refractivity contribution is 5.84. The highest BCUT2D eigenvalue weighted by Crippen LogP contribution is 2.47. The van der Waals surface area contributed by atoms with Gasteiger partial charge >= 0.3 is 0 Å². The van der Waals surface area contributed by atoms with Crippen LogP contribution in [0.4, 0.5) is 5.95 Å². The molecule has 2 N–H and O–H groups in total. The summed E-state index contributed by atoms with van der Waals surface area (Å²) in [6, 6.07) is 5.94. The summed E-state index contributed by atoms with van der Waals surface area (Å²) in [5, 5.41) is 0. The first kappa shape index (κ1) is 10.4. The summed E-state index contributed by atoms with van der Waals surface area (Å²) in [7, 11) is 1.66. The van der Waals surface area contributed by atoms with Crippen LogP contribution >= 0.6 is 0 Å². The molecule has 0 amide bonds. The second kappa shape index (κ2) is 3.39. The van der Waals surface area contributed by atoms with Crippen LogP contribution in [0.15, 0.2) is 18.2 Å². The summed E-state index contributed by atoms with van der Waals surface area (Å²) in [6.45, 7) is 3.24. The Labute approximate surface area is 100 Å². The molecule has 4 nitrogen and oxygen atoms in total. The van der Waals surface area contributed by atoms with Gasteiger partial charge in [-0.2, -0.15) is 0 Å². The number of ether oxygens (including phenoxy) is 1. The maximum Gasteiger partial charge on any atom is 0.201 e. The zero-order chi connectivity index (χ0) is 12.0. The van der Waals surface area contributed by atoms with Gasteiger partial charge in [0.25, 0.3) is 0 Å². The van der Waals surface area contributed by atoms with Gasteiger partial charge in [0.05, 0.1) is 12.6 Å². The van der Waals surface area contributed by atoms with E-state index >= 15 is 0 Å². The molecule has 4 heteroatoms. The van der Waals surface area contributed by atoms with Crippen LogP contribution in [0.1, 0.15) is 19.8 Å². The number of benzene rings is 1. The van der Waals surface area contributed by atoms with Crippen molar-refractivity contribution in [3.05, 3.63) is 18.2 Å². The fraction of sp³-hybridized carbons (Fsp3) is 0.462. The number of fused-ring (bicyclic) bond motifs is 1. The molecule has 3 rings (SSSR count). The Kier molecular flexibility index (Phi) is 2.08. The lowest BCUT2D eigenvalue weighted by molar-refractivity contribution is 0.419. The molecular formula is C13H17N3O. The van der Waals surface area contributed by atoms with Gasteiger partial charge in [0.1, 0.15) is 11.3 Å². The molecule has 0 aliphatic heterocycles. The normalized spacial score (nSPS) is 17.3. The summed E-state index contributed by atoms with van der Waals surface area (Å²) in [4.78, 5) is 4.41. The third-order valence-electron chi connectivity index (χ3n) is 3.63. The number of methoxy groups -OCH3 is 1. The number of para-hydroxylation sites is 1. The van der Waals surface area contributed by atoms with Crippen molar-refractivity contribution in [1.29, 1.82) is 0 Å². The van der Waals surface area contributed by atoms with Crippen LogP contribution in [-0.2, 0) is 6.54 Å². The molecule has 1 heterocycles. The van der Waals surface area contributed by atoms with E-state index in [1.807, 2.05) is 18.2 Å². The van der Waals surface area contributed by atoms with E-state index in [0.29, 0.717) is 11.4 Å². The molecule has 90 valence electrons. The topological polar surface area (TPSA) is 53.1 Å². The van der Waals surface area contributed by atoms with Gasteiger partial charge in [0.2, 0.25) is 5.95 Å². The Morgan fingerprint density at radius 1 is 1.47 bits per heavy atom. The lowest BCUT2D eigenvalue weighted by Gasteiger charge is -2.11. The van der Waals surface area contributed by atoms with Crippen molar-refractivity contribution in [3.63, 3.8) is 0 Å². The Hall–Kier alpha value is -1.71. The average Bonchev–Trinajstić information content (AvgIpc) is 2.96. The van der Waals surface area contributed by atoms with Gasteiger partial charge in [-0.15, -0.1) is 0 Å². The van der Waals surface area contributed by atoms with Crippen LogP contribution < -0.4 is 10.5 Å². The zero-order valence-electron chi connectivity index (χ0n) is 10.2. The van der Waals surface area contributed by atoms with Crippen molar-refractivity contribution in [2.24, 2.45) is 5.41 Å². The number of nitrogen functional groups attached to an aromatic ring is 1. The van der Waals surface area contributed by atoms with Crippen LogP contribution in [0.2, 0.25) is 0 Å². The molecule has 0 unspecified atom stereocenters. The second-order valence-corrected chi connectivity index (χ2v) is 5.19. The van der Waals surface area contributed by atoms with E-state index in [0.717, 1.165) is 23.3 Å². The quantitative estimate of drug-likeness (QED) is 0.882. The predicted octanol–water partition coefficient (Wildman–Crippen LogP) is 2.43. The molecule has 17 heavy (non-hydrogen) atoms. The van der Waals surface area contributed by atoms with Crippen molar-refractivity contribution in [3.8, 4) is 5.75 Å².